The summed E-state index contributed by atoms with van der Waals surface area (Å²) in [5.41, 5.74) is 1.79. The van der Waals surface area contributed by atoms with Gasteiger partial charge >= 0.3 is 5.97 Å². The van der Waals surface area contributed by atoms with Crippen LogP contribution in [-0.4, -0.2) is 28.0 Å². The number of ether oxygens (including phenoxy) is 1. The molecule has 2 aromatic heterocycles. The Kier molecular flexibility index (Phi) is 5.95. The number of aromatic nitrogens is 2. The monoisotopic (exact) mass is 463 g/mol. The number of nitrogens with zero attached hydrogens (tertiary/aromatic N) is 2. The van der Waals surface area contributed by atoms with Crippen LogP contribution in [0.2, 0.25) is 0 Å². The molecule has 1 N–H and O–H groups in total. The summed E-state index contributed by atoms with van der Waals surface area (Å²) in [5, 5.41) is 3.11. The molecule has 0 bridgehead atoms. The van der Waals surface area contributed by atoms with Crippen LogP contribution < -0.4 is 10.9 Å². The number of anilines is 1. The summed E-state index contributed by atoms with van der Waals surface area (Å²) in [4.78, 5) is 42.3. The third-order valence-corrected chi connectivity index (χ3v) is 6.20. The molecule has 0 aliphatic rings. The van der Waals surface area contributed by atoms with Gasteiger partial charge in [0.15, 0.2) is 0 Å². The van der Waals surface area contributed by atoms with Crippen molar-refractivity contribution in [2.24, 2.45) is 0 Å². The van der Waals surface area contributed by atoms with Gasteiger partial charge in [-0.3, -0.25) is 14.2 Å². The quantitative estimate of drug-likeness (QED) is 0.583. The maximum Gasteiger partial charge on any atom is 0.348 e. The van der Waals surface area contributed by atoms with Crippen molar-refractivity contribution in [1.82, 2.24) is 9.55 Å². The van der Waals surface area contributed by atoms with E-state index in [9.17, 15) is 14.4 Å². The first-order chi connectivity index (χ1) is 13.3. The molecule has 146 valence electrons. The molecule has 0 saturated heterocycles. The molecule has 0 aliphatic heterocycles. The average Bonchev–Trinajstić information content (AvgIpc) is 2.98. The summed E-state index contributed by atoms with van der Waals surface area (Å²) in [6, 6.07) is 5.45. The summed E-state index contributed by atoms with van der Waals surface area (Å²) in [5.74, 6) is -0.819. The highest BCUT2D eigenvalue weighted by Gasteiger charge is 2.20. The van der Waals surface area contributed by atoms with Crippen LogP contribution in [0.4, 0.5) is 5.69 Å². The second-order valence-corrected chi connectivity index (χ2v) is 8.00. The van der Waals surface area contributed by atoms with E-state index in [1.54, 1.807) is 19.9 Å². The van der Waals surface area contributed by atoms with Gasteiger partial charge in [0.2, 0.25) is 5.91 Å². The number of hydrogen-bond donors (Lipinski definition) is 1. The lowest BCUT2D eigenvalue weighted by Crippen LogP contribution is -2.28. The number of carbonyl (C=O) groups excluding carboxylic acids is 2. The molecular weight excluding hydrogens is 446 g/mol. The first kappa shape index (κ1) is 20.2. The predicted molar refractivity (Wildman–Crippen MR) is 112 cm³/mol. The van der Waals surface area contributed by atoms with Crippen LogP contribution in [0, 0.1) is 13.8 Å². The first-order valence-electron chi connectivity index (χ1n) is 8.53. The Morgan fingerprint density at radius 2 is 2.07 bits per heavy atom. The van der Waals surface area contributed by atoms with Crippen molar-refractivity contribution in [2.45, 2.75) is 27.3 Å². The molecule has 9 heteroatoms. The number of benzene rings is 1. The maximum atomic E-state index is 12.8. The molecule has 2 heterocycles. The Morgan fingerprint density at radius 1 is 1.32 bits per heavy atom. The number of thiophene rings is 1. The Balaban J connectivity index is 1.87. The number of fused-ring (bicyclic) bond motifs is 1. The fraction of sp³-hybridized carbons (Fsp3) is 0.263. The van der Waals surface area contributed by atoms with Crippen LogP contribution >= 0.6 is 27.3 Å². The van der Waals surface area contributed by atoms with E-state index in [0.717, 1.165) is 21.4 Å². The highest BCUT2D eigenvalue weighted by Crippen LogP contribution is 2.27. The smallest absolute Gasteiger partial charge is 0.348 e. The Hall–Kier alpha value is -2.52. The Bertz CT molecular complexity index is 1140. The lowest BCUT2D eigenvalue weighted by Gasteiger charge is -2.08. The summed E-state index contributed by atoms with van der Waals surface area (Å²) in [7, 11) is 0. The number of amides is 1. The molecule has 7 nitrogen and oxygen atoms in total. The number of carbonyl (C=O) groups is 2. The van der Waals surface area contributed by atoms with Gasteiger partial charge in [-0.25, -0.2) is 9.78 Å². The van der Waals surface area contributed by atoms with Gasteiger partial charge in [0.25, 0.3) is 5.56 Å². The Morgan fingerprint density at radius 3 is 2.75 bits per heavy atom. The van der Waals surface area contributed by atoms with Crippen molar-refractivity contribution >= 4 is 55.0 Å². The van der Waals surface area contributed by atoms with E-state index >= 15 is 0 Å². The third kappa shape index (κ3) is 4.00. The molecule has 28 heavy (non-hydrogen) atoms. The molecule has 0 aliphatic carbocycles. The van der Waals surface area contributed by atoms with Gasteiger partial charge in [-0.1, -0.05) is 15.9 Å². The van der Waals surface area contributed by atoms with Gasteiger partial charge in [0.1, 0.15) is 16.3 Å². The minimum atomic E-state index is -0.475. The molecule has 1 aromatic carbocycles. The van der Waals surface area contributed by atoms with Crippen LogP contribution in [0.25, 0.3) is 10.2 Å². The highest BCUT2D eigenvalue weighted by molar-refractivity contribution is 9.10. The van der Waals surface area contributed by atoms with Gasteiger partial charge < -0.3 is 10.1 Å². The zero-order valence-electron chi connectivity index (χ0n) is 15.5. The van der Waals surface area contributed by atoms with E-state index in [2.05, 4.69) is 26.2 Å². The molecular formula is C19H18BrN3O4S. The van der Waals surface area contributed by atoms with E-state index in [1.165, 1.54) is 10.9 Å². The second-order valence-electron chi connectivity index (χ2n) is 6.15. The van der Waals surface area contributed by atoms with Gasteiger partial charge in [0.05, 0.1) is 18.3 Å². The van der Waals surface area contributed by atoms with Crippen LogP contribution in [0.1, 0.15) is 27.7 Å². The summed E-state index contributed by atoms with van der Waals surface area (Å²) >= 11 is 4.53. The number of hydrogen-bond acceptors (Lipinski definition) is 6. The van der Waals surface area contributed by atoms with E-state index in [0.29, 0.717) is 26.3 Å². The summed E-state index contributed by atoms with van der Waals surface area (Å²) < 4.78 is 7.20. The molecule has 0 spiro atoms. The lowest BCUT2D eigenvalue weighted by molar-refractivity contribution is -0.116. The van der Waals surface area contributed by atoms with Crippen LogP contribution in [0.3, 0.4) is 0 Å². The van der Waals surface area contributed by atoms with Gasteiger partial charge in [-0.15, -0.1) is 11.3 Å². The molecule has 0 radical (unpaired) electrons. The van der Waals surface area contributed by atoms with Crippen LogP contribution in [0.5, 0.6) is 0 Å². The van der Waals surface area contributed by atoms with E-state index in [4.69, 9.17) is 4.74 Å². The number of esters is 1. The van der Waals surface area contributed by atoms with Crippen molar-refractivity contribution in [3.8, 4) is 0 Å². The van der Waals surface area contributed by atoms with Crippen LogP contribution in [0.15, 0.2) is 33.8 Å². The molecule has 3 rings (SSSR count). The summed E-state index contributed by atoms with van der Waals surface area (Å²) in [6.45, 7) is 5.39. The Labute approximate surface area is 173 Å². The van der Waals surface area contributed by atoms with Gasteiger partial charge in [-0.2, -0.15) is 0 Å². The zero-order valence-corrected chi connectivity index (χ0v) is 17.9. The second kappa shape index (κ2) is 8.24. The molecule has 0 atom stereocenters. The van der Waals surface area contributed by atoms with Crippen LogP contribution in [-0.2, 0) is 16.1 Å². The van der Waals surface area contributed by atoms with E-state index < -0.39 is 5.97 Å². The summed E-state index contributed by atoms with van der Waals surface area (Å²) in [6.07, 6.45) is 1.32. The SMILES string of the molecule is CCOC(=O)c1sc2ncn(CC(=O)Nc3ccc(Br)c(C)c3)c(=O)c2c1C. The van der Waals surface area contributed by atoms with E-state index in [1.807, 2.05) is 19.1 Å². The largest absolute Gasteiger partial charge is 0.462 e. The van der Waals surface area contributed by atoms with Crippen molar-refractivity contribution in [3.05, 3.63) is 55.4 Å². The maximum absolute atomic E-state index is 12.8. The normalized spacial score (nSPS) is 10.9. The minimum Gasteiger partial charge on any atom is -0.462 e. The van der Waals surface area contributed by atoms with Gasteiger partial charge in [-0.05, 0) is 50.1 Å². The molecule has 0 fully saturated rings. The fourth-order valence-corrected chi connectivity index (χ4v) is 4.02. The lowest BCUT2D eigenvalue weighted by atomic mass is 10.2. The third-order valence-electron chi connectivity index (χ3n) is 4.13. The number of halogens is 1. The molecule has 3 aromatic rings. The van der Waals surface area contributed by atoms with Crippen molar-refractivity contribution in [1.29, 1.82) is 0 Å². The highest BCUT2D eigenvalue weighted by atomic mass is 79.9. The number of rotatable bonds is 5. The van der Waals surface area contributed by atoms with E-state index in [-0.39, 0.29) is 24.6 Å². The first-order valence-corrected chi connectivity index (χ1v) is 10.1. The van der Waals surface area contributed by atoms with Gasteiger partial charge in [0, 0.05) is 10.2 Å². The molecule has 0 unspecified atom stereocenters. The average molecular weight is 464 g/mol. The molecule has 1 amide bonds. The molecule has 0 saturated carbocycles. The standard InChI is InChI=1S/C19H18BrN3O4S/c1-4-27-19(26)16-11(3)15-17(28-16)21-9-23(18(15)25)8-14(24)22-12-5-6-13(20)10(2)7-12/h5-7,9H,4,8H2,1-3H3,(H,22,24). The number of nitrogens with one attached hydrogen (secondary N) is 1. The topological polar surface area (TPSA) is 90.3 Å². The zero-order chi connectivity index (χ0) is 20.4. The fourth-order valence-electron chi connectivity index (χ4n) is 2.74. The van der Waals surface area contributed by atoms with Crippen molar-refractivity contribution < 1.29 is 14.3 Å². The number of aryl methyl sites for hydroxylation is 2. The van der Waals surface area contributed by atoms with Crippen molar-refractivity contribution in [2.75, 3.05) is 11.9 Å². The predicted octanol–water partition coefficient (Wildman–Crippen LogP) is 3.65. The van der Waals surface area contributed by atoms with Crippen molar-refractivity contribution in [3.63, 3.8) is 0 Å². The minimum absolute atomic E-state index is 0.180.